The Morgan fingerprint density at radius 1 is 1.04 bits per heavy atom. The Balaban J connectivity index is 1.82. The molecular weight excluding hydrogens is 288 g/mol. The largest absolute Gasteiger partial charge is 0.381 e. The van der Waals surface area contributed by atoms with E-state index in [1.165, 1.54) is 6.42 Å². The van der Waals surface area contributed by atoms with Gasteiger partial charge in [0.25, 0.3) is 0 Å². The lowest BCUT2D eigenvalue weighted by atomic mass is 10.1. The molecule has 0 aliphatic carbocycles. The van der Waals surface area contributed by atoms with Crippen LogP contribution in [0.5, 0.6) is 0 Å². The summed E-state index contributed by atoms with van der Waals surface area (Å²) in [5.74, 6) is 0. The molecule has 5 nitrogen and oxygen atoms in total. The second-order valence-electron chi connectivity index (χ2n) is 5.55. The van der Waals surface area contributed by atoms with E-state index in [2.05, 4.69) is 41.5 Å². The molecule has 126 valence electrons. The summed E-state index contributed by atoms with van der Waals surface area (Å²) in [4.78, 5) is 1.76. The first kappa shape index (κ1) is 17.6. The quantitative estimate of drug-likeness (QED) is 0.647. The van der Waals surface area contributed by atoms with Crippen LogP contribution in [0.4, 0.5) is 0 Å². The molecule has 0 amide bonds. The van der Waals surface area contributed by atoms with Crippen LogP contribution in [0, 0.1) is 0 Å². The first-order valence-electron chi connectivity index (χ1n) is 8.63. The molecule has 1 N–H and O–H groups in total. The smallest absolute Gasteiger partial charge is 0.117 e. The number of hydrogen-bond donors (Lipinski definition) is 1. The van der Waals surface area contributed by atoms with Gasteiger partial charge in [-0.1, -0.05) is 43.7 Å². The highest BCUT2D eigenvalue weighted by Crippen LogP contribution is 2.19. The van der Waals surface area contributed by atoms with Crippen molar-refractivity contribution in [2.75, 3.05) is 19.8 Å². The average molecular weight is 316 g/mol. The van der Waals surface area contributed by atoms with Crippen molar-refractivity contribution in [3.63, 3.8) is 0 Å². The van der Waals surface area contributed by atoms with E-state index in [1.807, 2.05) is 18.2 Å². The normalized spacial score (nSPS) is 11.0. The summed E-state index contributed by atoms with van der Waals surface area (Å²) in [5, 5.41) is 12.6. The molecule has 0 spiro atoms. The summed E-state index contributed by atoms with van der Waals surface area (Å²) in [7, 11) is 0. The van der Waals surface area contributed by atoms with Crippen LogP contribution in [-0.2, 0) is 17.8 Å². The summed E-state index contributed by atoms with van der Waals surface area (Å²) in [6.07, 6.45) is 3.36. The van der Waals surface area contributed by atoms with Crippen molar-refractivity contribution in [1.82, 2.24) is 20.3 Å². The molecule has 1 heterocycles. The zero-order valence-corrected chi connectivity index (χ0v) is 14.3. The van der Waals surface area contributed by atoms with Crippen molar-refractivity contribution in [2.45, 2.75) is 46.2 Å². The maximum absolute atomic E-state index is 5.57. The highest BCUT2D eigenvalue weighted by molar-refractivity contribution is 5.60. The molecule has 0 atom stereocenters. The Kier molecular flexibility index (Phi) is 7.77. The van der Waals surface area contributed by atoms with E-state index in [0.29, 0.717) is 0 Å². The fraction of sp³-hybridized carbons (Fsp3) is 0.556. The Bertz CT molecular complexity index is 553. The van der Waals surface area contributed by atoms with E-state index in [-0.39, 0.29) is 0 Å². The molecule has 0 radical (unpaired) electrons. The monoisotopic (exact) mass is 316 g/mol. The van der Waals surface area contributed by atoms with Gasteiger partial charge in [0, 0.05) is 25.3 Å². The molecule has 1 aromatic heterocycles. The van der Waals surface area contributed by atoms with Gasteiger partial charge >= 0.3 is 0 Å². The van der Waals surface area contributed by atoms with Crippen LogP contribution < -0.4 is 5.32 Å². The predicted octanol–water partition coefficient (Wildman–Crippen LogP) is 3.26. The second kappa shape index (κ2) is 10.1. The first-order valence-corrected chi connectivity index (χ1v) is 8.63. The SMILES string of the molecule is CCCCOCCCNCc1nn(CC)nc1-c1ccccc1. The lowest BCUT2D eigenvalue weighted by molar-refractivity contribution is 0.128. The fourth-order valence-electron chi connectivity index (χ4n) is 2.32. The van der Waals surface area contributed by atoms with Crippen LogP contribution in [0.1, 0.15) is 38.8 Å². The van der Waals surface area contributed by atoms with Crippen molar-refractivity contribution >= 4 is 0 Å². The number of benzene rings is 1. The van der Waals surface area contributed by atoms with Gasteiger partial charge in [-0.25, -0.2) is 0 Å². The molecule has 2 aromatic rings. The van der Waals surface area contributed by atoms with Gasteiger partial charge in [-0.2, -0.15) is 15.0 Å². The molecule has 5 heteroatoms. The molecule has 2 rings (SSSR count). The van der Waals surface area contributed by atoms with Crippen LogP contribution in [-0.4, -0.2) is 34.8 Å². The summed E-state index contributed by atoms with van der Waals surface area (Å²) in [6.45, 7) is 8.38. The second-order valence-corrected chi connectivity index (χ2v) is 5.55. The fourth-order valence-corrected chi connectivity index (χ4v) is 2.32. The Hall–Kier alpha value is -1.72. The maximum atomic E-state index is 5.57. The molecule has 0 aliphatic heterocycles. The number of aromatic nitrogens is 3. The summed E-state index contributed by atoms with van der Waals surface area (Å²) in [6, 6.07) is 10.2. The van der Waals surface area contributed by atoms with Gasteiger partial charge in [-0.3, -0.25) is 0 Å². The van der Waals surface area contributed by atoms with Gasteiger partial charge < -0.3 is 10.1 Å². The molecular formula is C18H28N4O. The van der Waals surface area contributed by atoms with Crippen LogP contribution in [0.2, 0.25) is 0 Å². The van der Waals surface area contributed by atoms with Crippen LogP contribution >= 0.6 is 0 Å². The lowest BCUT2D eigenvalue weighted by Crippen LogP contribution is -2.17. The van der Waals surface area contributed by atoms with Gasteiger partial charge in [0.2, 0.25) is 0 Å². The van der Waals surface area contributed by atoms with Crippen LogP contribution in [0.25, 0.3) is 11.3 Å². The predicted molar refractivity (Wildman–Crippen MR) is 93.2 cm³/mol. The van der Waals surface area contributed by atoms with E-state index >= 15 is 0 Å². The molecule has 0 bridgehead atoms. The molecule has 0 unspecified atom stereocenters. The number of ether oxygens (including phenoxy) is 1. The first-order chi connectivity index (χ1) is 11.3. The summed E-state index contributed by atoms with van der Waals surface area (Å²) < 4.78 is 5.57. The van der Waals surface area contributed by atoms with Crippen LogP contribution in [0.15, 0.2) is 30.3 Å². The maximum Gasteiger partial charge on any atom is 0.117 e. The minimum Gasteiger partial charge on any atom is -0.381 e. The van der Waals surface area contributed by atoms with Crippen molar-refractivity contribution < 1.29 is 4.74 Å². The van der Waals surface area contributed by atoms with Crippen molar-refractivity contribution in [3.05, 3.63) is 36.0 Å². The number of unbranched alkanes of at least 4 members (excludes halogenated alkanes) is 1. The third kappa shape index (κ3) is 5.77. The zero-order valence-electron chi connectivity index (χ0n) is 14.3. The van der Waals surface area contributed by atoms with Crippen LogP contribution in [0.3, 0.4) is 0 Å². The van der Waals surface area contributed by atoms with Gasteiger partial charge in [-0.15, -0.1) is 0 Å². The van der Waals surface area contributed by atoms with Crippen molar-refractivity contribution in [1.29, 1.82) is 0 Å². The molecule has 0 saturated heterocycles. The number of nitrogens with zero attached hydrogens (tertiary/aromatic N) is 3. The Morgan fingerprint density at radius 3 is 2.57 bits per heavy atom. The minimum atomic E-state index is 0.735. The number of nitrogens with one attached hydrogen (secondary N) is 1. The molecule has 0 saturated carbocycles. The van der Waals surface area contributed by atoms with Crippen molar-refractivity contribution in [3.8, 4) is 11.3 Å². The number of aryl methyl sites for hydroxylation is 1. The van der Waals surface area contributed by atoms with E-state index in [0.717, 1.165) is 62.6 Å². The Labute approximate surface area is 139 Å². The topological polar surface area (TPSA) is 52.0 Å². The standard InChI is InChI=1S/C18H28N4O/c1-3-5-13-23-14-9-12-19-15-17-18(21-22(4-2)20-17)16-10-7-6-8-11-16/h6-8,10-11,19H,3-5,9,12-15H2,1-2H3. The van der Waals surface area contributed by atoms with Crippen molar-refractivity contribution in [2.24, 2.45) is 0 Å². The van der Waals surface area contributed by atoms with E-state index in [1.54, 1.807) is 4.80 Å². The summed E-state index contributed by atoms with van der Waals surface area (Å²) in [5.41, 5.74) is 3.09. The average Bonchev–Trinajstić information content (AvgIpc) is 3.01. The third-order valence-electron chi connectivity index (χ3n) is 3.63. The lowest BCUT2D eigenvalue weighted by Gasteiger charge is -2.05. The number of hydrogen-bond acceptors (Lipinski definition) is 4. The number of rotatable bonds is 11. The van der Waals surface area contributed by atoms with Gasteiger partial charge in [0.1, 0.15) is 11.4 Å². The minimum absolute atomic E-state index is 0.735. The zero-order chi connectivity index (χ0) is 16.3. The molecule has 23 heavy (non-hydrogen) atoms. The van der Waals surface area contributed by atoms with Gasteiger partial charge in [-0.05, 0) is 26.3 Å². The Morgan fingerprint density at radius 2 is 1.83 bits per heavy atom. The molecule has 0 aliphatic rings. The molecule has 1 aromatic carbocycles. The third-order valence-corrected chi connectivity index (χ3v) is 3.63. The van der Waals surface area contributed by atoms with E-state index in [4.69, 9.17) is 4.74 Å². The highest BCUT2D eigenvalue weighted by atomic mass is 16.5. The highest BCUT2D eigenvalue weighted by Gasteiger charge is 2.11. The van der Waals surface area contributed by atoms with Gasteiger partial charge in [0.15, 0.2) is 0 Å². The van der Waals surface area contributed by atoms with Gasteiger partial charge in [0.05, 0.1) is 6.54 Å². The van der Waals surface area contributed by atoms with E-state index in [9.17, 15) is 0 Å². The molecule has 0 fully saturated rings. The van der Waals surface area contributed by atoms with E-state index < -0.39 is 0 Å². The summed E-state index contributed by atoms with van der Waals surface area (Å²) >= 11 is 0.